The lowest BCUT2D eigenvalue weighted by Gasteiger charge is -2.32. The first kappa shape index (κ1) is 19.4. The van der Waals surface area contributed by atoms with Crippen LogP contribution in [0.15, 0.2) is 12.1 Å². The number of hydrogen-bond acceptors (Lipinski definition) is 3. The third kappa shape index (κ3) is 2.94. The van der Waals surface area contributed by atoms with Gasteiger partial charge in [0.15, 0.2) is 23.3 Å². The average molecular weight is 367 g/mol. The molecule has 1 aliphatic rings. The molecule has 0 radical (unpaired) electrons. The SMILES string of the molecule is C[C@H]1[C@@H](c2ccc(F)c(F)c2N(C)C)[C@H](C(=O)O)O[C@@]1(C)C(F)(F)F. The summed E-state index contributed by atoms with van der Waals surface area (Å²) < 4.78 is 73.1. The van der Waals surface area contributed by atoms with E-state index in [0.29, 0.717) is 0 Å². The molecule has 4 nitrogen and oxygen atoms in total. The molecule has 9 heteroatoms. The van der Waals surface area contributed by atoms with E-state index in [2.05, 4.69) is 0 Å². The van der Waals surface area contributed by atoms with Crippen molar-refractivity contribution in [3.63, 3.8) is 0 Å². The molecule has 25 heavy (non-hydrogen) atoms. The van der Waals surface area contributed by atoms with E-state index in [-0.39, 0.29) is 11.3 Å². The van der Waals surface area contributed by atoms with Crippen molar-refractivity contribution in [2.24, 2.45) is 5.92 Å². The summed E-state index contributed by atoms with van der Waals surface area (Å²) >= 11 is 0. The molecule has 0 unspecified atom stereocenters. The maximum Gasteiger partial charge on any atom is 0.417 e. The van der Waals surface area contributed by atoms with E-state index >= 15 is 0 Å². The predicted molar refractivity (Wildman–Crippen MR) is 79.6 cm³/mol. The second kappa shape index (κ2) is 6.12. The molecule has 2 rings (SSSR count). The average Bonchev–Trinajstić information content (AvgIpc) is 2.75. The molecule has 1 N–H and O–H groups in total. The molecule has 0 bridgehead atoms. The van der Waals surface area contributed by atoms with Crippen LogP contribution in [0.5, 0.6) is 0 Å². The van der Waals surface area contributed by atoms with Crippen molar-refractivity contribution in [3.8, 4) is 0 Å². The van der Waals surface area contributed by atoms with E-state index in [1.54, 1.807) is 0 Å². The zero-order valence-electron chi connectivity index (χ0n) is 14.0. The minimum atomic E-state index is -4.83. The van der Waals surface area contributed by atoms with Crippen molar-refractivity contribution < 1.29 is 36.6 Å². The minimum Gasteiger partial charge on any atom is -0.479 e. The maximum absolute atomic E-state index is 14.2. The number of carboxylic acid groups (broad SMARTS) is 1. The van der Waals surface area contributed by atoms with Crippen LogP contribution in [-0.2, 0) is 9.53 Å². The largest absolute Gasteiger partial charge is 0.479 e. The Hall–Kier alpha value is -1.90. The predicted octanol–water partition coefficient (Wildman–Crippen LogP) is 3.55. The van der Waals surface area contributed by atoms with Gasteiger partial charge in [0.05, 0.1) is 5.69 Å². The van der Waals surface area contributed by atoms with Gasteiger partial charge < -0.3 is 14.7 Å². The van der Waals surface area contributed by atoms with Gasteiger partial charge >= 0.3 is 12.1 Å². The van der Waals surface area contributed by atoms with Crippen LogP contribution in [0.1, 0.15) is 25.3 Å². The highest BCUT2D eigenvalue weighted by Gasteiger charge is 2.66. The van der Waals surface area contributed by atoms with Crippen LogP contribution in [-0.4, -0.2) is 43.1 Å². The van der Waals surface area contributed by atoms with E-state index < -0.39 is 47.3 Å². The van der Waals surface area contributed by atoms with Crippen LogP contribution >= 0.6 is 0 Å². The van der Waals surface area contributed by atoms with Gasteiger partial charge in [0.25, 0.3) is 0 Å². The number of halogens is 5. The van der Waals surface area contributed by atoms with Crippen LogP contribution in [0.2, 0.25) is 0 Å². The first-order valence-corrected chi connectivity index (χ1v) is 7.45. The number of anilines is 1. The van der Waals surface area contributed by atoms with Gasteiger partial charge in [-0.1, -0.05) is 13.0 Å². The minimum absolute atomic E-state index is 0.0447. The number of hydrogen-bond donors (Lipinski definition) is 1. The monoisotopic (exact) mass is 367 g/mol. The molecule has 1 saturated heterocycles. The molecule has 1 heterocycles. The summed E-state index contributed by atoms with van der Waals surface area (Å²) in [6.45, 7) is 1.96. The number of ether oxygens (including phenoxy) is 1. The molecule has 1 aromatic rings. The van der Waals surface area contributed by atoms with Crippen molar-refractivity contribution in [1.29, 1.82) is 0 Å². The summed E-state index contributed by atoms with van der Waals surface area (Å²) in [5.41, 5.74) is -3.07. The van der Waals surface area contributed by atoms with E-state index in [9.17, 15) is 31.9 Å². The van der Waals surface area contributed by atoms with Crippen molar-refractivity contribution in [3.05, 3.63) is 29.3 Å². The lowest BCUT2D eigenvalue weighted by molar-refractivity contribution is -0.273. The van der Waals surface area contributed by atoms with Gasteiger partial charge in [-0.15, -0.1) is 0 Å². The fraction of sp³-hybridized carbons (Fsp3) is 0.562. The Balaban J connectivity index is 2.68. The van der Waals surface area contributed by atoms with Gasteiger partial charge in [0, 0.05) is 25.9 Å². The molecule has 1 fully saturated rings. The number of nitrogens with zero attached hydrogens (tertiary/aromatic N) is 1. The molecule has 0 aliphatic carbocycles. The maximum atomic E-state index is 14.2. The lowest BCUT2D eigenvalue weighted by atomic mass is 9.76. The summed E-state index contributed by atoms with van der Waals surface area (Å²) in [5.74, 6) is -6.67. The molecular formula is C16H18F5NO3. The highest BCUT2D eigenvalue weighted by molar-refractivity contribution is 5.76. The van der Waals surface area contributed by atoms with Crippen molar-refractivity contribution >= 4 is 11.7 Å². The molecule has 0 amide bonds. The first-order valence-electron chi connectivity index (χ1n) is 7.45. The molecular weight excluding hydrogens is 349 g/mol. The second-order valence-electron chi connectivity index (χ2n) is 6.49. The summed E-state index contributed by atoms with van der Waals surface area (Å²) in [5, 5.41) is 9.34. The standard InChI is InChI=1S/C16H18F5NO3/c1-7-10(8-5-6-9(17)11(18)12(8)22(3)4)13(14(23)24)25-15(7,2)16(19,20)21/h5-7,10,13H,1-4H3,(H,23,24)/t7-,10-,13+,15+/m0/s1. The number of rotatable bonds is 3. The van der Waals surface area contributed by atoms with Gasteiger partial charge in [-0.25, -0.2) is 13.6 Å². The summed E-state index contributed by atoms with van der Waals surface area (Å²) in [6.07, 6.45) is -6.67. The molecule has 1 aromatic carbocycles. The van der Waals surface area contributed by atoms with Gasteiger partial charge in [0.2, 0.25) is 0 Å². The van der Waals surface area contributed by atoms with Crippen LogP contribution < -0.4 is 4.90 Å². The van der Waals surface area contributed by atoms with E-state index in [1.165, 1.54) is 25.9 Å². The zero-order chi connectivity index (χ0) is 19.3. The van der Waals surface area contributed by atoms with E-state index in [4.69, 9.17) is 4.74 Å². The quantitative estimate of drug-likeness (QED) is 0.830. The summed E-state index contributed by atoms with van der Waals surface area (Å²) in [6, 6.07) is 1.88. The molecule has 0 aromatic heterocycles. The highest BCUT2D eigenvalue weighted by Crippen LogP contribution is 2.54. The van der Waals surface area contributed by atoms with Crippen molar-refractivity contribution in [1.82, 2.24) is 0 Å². The third-order valence-electron chi connectivity index (χ3n) is 4.82. The molecule has 140 valence electrons. The Labute approximate surface area is 141 Å². The smallest absolute Gasteiger partial charge is 0.417 e. The van der Waals surface area contributed by atoms with Gasteiger partial charge in [-0.3, -0.25) is 0 Å². The van der Waals surface area contributed by atoms with Crippen LogP contribution in [0.3, 0.4) is 0 Å². The third-order valence-corrected chi connectivity index (χ3v) is 4.82. The summed E-state index contributed by atoms with van der Waals surface area (Å²) in [4.78, 5) is 12.7. The highest BCUT2D eigenvalue weighted by atomic mass is 19.4. The van der Waals surface area contributed by atoms with Gasteiger partial charge in [-0.2, -0.15) is 13.2 Å². The summed E-state index contributed by atoms with van der Waals surface area (Å²) in [7, 11) is 2.78. The van der Waals surface area contributed by atoms with E-state index in [0.717, 1.165) is 19.1 Å². The zero-order valence-corrected chi connectivity index (χ0v) is 14.0. The lowest BCUT2D eigenvalue weighted by Crippen LogP contribution is -2.47. The number of carboxylic acids is 1. The topological polar surface area (TPSA) is 49.8 Å². The van der Waals surface area contributed by atoms with Crippen LogP contribution in [0.25, 0.3) is 0 Å². The van der Waals surface area contributed by atoms with Crippen LogP contribution in [0, 0.1) is 17.6 Å². The van der Waals surface area contributed by atoms with Gasteiger partial charge in [-0.05, 0) is 18.6 Å². The van der Waals surface area contributed by atoms with Gasteiger partial charge in [0.1, 0.15) is 0 Å². The number of carbonyl (C=O) groups is 1. The molecule has 1 aliphatic heterocycles. The molecule has 4 atom stereocenters. The fourth-order valence-corrected chi connectivity index (χ4v) is 3.29. The number of aliphatic carboxylic acids is 1. The second-order valence-corrected chi connectivity index (χ2v) is 6.49. The Morgan fingerprint density at radius 1 is 1.28 bits per heavy atom. The Bertz CT molecular complexity index is 691. The van der Waals surface area contributed by atoms with Crippen molar-refractivity contribution in [2.45, 2.75) is 37.6 Å². The first-order chi connectivity index (χ1) is 11.3. The normalized spacial score (nSPS) is 29.7. The number of benzene rings is 1. The molecule has 0 saturated carbocycles. The Morgan fingerprint density at radius 2 is 1.84 bits per heavy atom. The Morgan fingerprint density at radius 3 is 2.28 bits per heavy atom. The van der Waals surface area contributed by atoms with Crippen LogP contribution in [0.4, 0.5) is 27.6 Å². The Kier molecular flexibility index (Phi) is 4.75. The van der Waals surface area contributed by atoms with Crippen molar-refractivity contribution in [2.75, 3.05) is 19.0 Å². The fourth-order valence-electron chi connectivity index (χ4n) is 3.29. The molecule has 0 spiro atoms. The number of alkyl halides is 3. The van der Waals surface area contributed by atoms with E-state index in [1.807, 2.05) is 0 Å².